The molecule has 11 nitrogen and oxygen atoms in total. The first-order chi connectivity index (χ1) is 21.2. The molecule has 3 fully saturated rings. The van der Waals surface area contributed by atoms with Gasteiger partial charge in [-0.1, -0.05) is 45.1 Å². The van der Waals surface area contributed by atoms with E-state index in [0.717, 1.165) is 4.90 Å². The molecule has 12 heteroatoms. The maximum Gasteiger partial charge on any atom is 0.262 e. The second-order valence-corrected chi connectivity index (χ2v) is 20.1. The standard InChI is InChI=1S/C34H49NO10Si/c1-31(2,3)46(10,11)45-28(25-19-39-32(4,5)42-25)27-23(40-33(6,7)44-27)17-16-22(26-24(18-36)41-34(8,9)43-26)35-29(37)20-14-12-13-15-21(20)30(35)38/h12-18,22-28H,19H2,1-11H3/t22-,23-,24+,25-,26+,27-,28-/m1/s1. The Kier molecular flexibility index (Phi) is 9.13. The van der Waals surface area contributed by atoms with Gasteiger partial charge in [0.2, 0.25) is 0 Å². The van der Waals surface area contributed by atoms with Crippen LogP contribution in [0.2, 0.25) is 18.1 Å². The van der Waals surface area contributed by atoms with E-state index in [1.165, 1.54) is 0 Å². The molecule has 4 heterocycles. The lowest BCUT2D eigenvalue weighted by Gasteiger charge is -2.42. The number of imide groups is 1. The fourth-order valence-electron chi connectivity index (χ4n) is 6.20. The molecule has 1 aromatic carbocycles. The minimum absolute atomic E-state index is 0.104. The first-order valence-electron chi connectivity index (χ1n) is 16.0. The maximum atomic E-state index is 13.7. The molecule has 2 amide bonds. The number of amides is 2. The average Bonchev–Trinajstić information content (AvgIpc) is 3.63. The van der Waals surface area contributed by atoms with Gasteiger partial charge in [0.25, 0.3) is 11.8 Å². The molecule has 0 bridgehead atoms. The third-order valence-electron chi connectivity index (χ3n) is 9.38. The van der Waals surface area contributed by atoms with Crippen LogP contribution in [0.15, 0.2) is 36.4 Å². The molecule has 7 atom stereocenters. The van der Waals surface area contributed by atoms with E-state index >= 15 is 0 Å². The van der Waals surface area contributed by atoms with Crippen molar-refractivity contribution in [2.75, 3.05) is 6.61 Å². The first-order valence-corrected chi connectivity index (χ1v) is 18.9. The van der Waals surface area contributed by atoms with Crippen molar-refractivity contribution in [3.8, 4) is 0 Å². The van der Waals surface area contributed by atoms with Crippen molar-refractivity contribution in [3.05, 3.63) is 47.5 Å². The van der Waals surface area contributed by atoms with Crippen LogP contribution in [0, 0.1) is 0 Å². The van der Waals surface area contributed by atoms with Crippen LogP contribution in [0.5, 0.6) is 0 Å². The van der Waals surface area contributed by atoms with E-state index in [2.05, 4.69) is 33.9 Å². The number of hydrogen-bond acceptors (Lipinski definition) is 10. The first kappa shape index (κ1) is 35.0. The Morgan fingerprint density at radius 3 is 1.89 bits per heavy atom. The fourth-order valence-corrected chi connectivity index (χ4v) is 7.52. The topological polar surface area (TPSA) is 119 Å². The quantitative estimate of drug-likeness (QED) is 0.155. The highest BCUT2D eigenvalue weighted by atomic mass is 28.4. The van der Waals surface area contributed by atoms with Crippen LogP contribution in [0.1, 0.15) is 83.0 Å². The Balaban J connectivity index is 1.54. The summed E-state index contributed by atoms with van der Waals surface area (Å²) in [6.07, 6.45) is -0.214. The molecule has 0 N–H and O–H groups in total. The molecule has 254 valence electrons. The normalized spacial score (nSPS) is 31.9. The zero-order valence-electron chi connectivity index (χ0n) is 28.8. The van der Waals surface area contributed by atoms with Gasteiger partial charge in [0.15, 0.2) is 32.0 Å². The average molecular weight is 660 g/mol. The number of ether oxygens (including phenoxy) is 6. The smallest absolute Gasteiger partial charge is 0.262 e. The predicted octanol–water partition coefficient (Wildman–Crippen LogP) is 4.99. The van der Waals surface area contributed by atoms with Gasteiger partial charge in [0.05, 0.1) is 23.8 Å². The molecule has 0 radical (unpaired) electrons. The van der Waals surface area contributed by atoms with Gasteiger partial charge in [-0.2, -0.15) is 0 Å². The lowest BCUT2D eigenvalue weighted by Crippen LogP contribution is -2.54. The van der Waals surface area contributed by atoms with Gasteiger partial charge in [-0.05, 0) is 71.8 Å². The summed E-state index contributed by atoms with van der Waals surface area (Å²) in [5.74, 6) is -3.87. The molecule has 1 aromatic rings. The lowest BCUT2D eigenvalue weighted by molar-refractivity contribution is -0.176. The van der Waals surface area contributed by atoms with Crippen LogP contribution in [-0.2, 0) is 37.6 Å². The molecule has 0 unspecified atom stereocenters. The highest BCUT2D eigenvalue weighted by Gasteiger charge is 2.54. The zero-order valence-corrected chi connectivity index (χ0v) is 29.8. The van der Waals surface area contributed by atoms with Crippen LogP contribution in [0.25, 0.3) is 0 Å². The third kappa shape index (κ3) is 6.81. The summed E-state index contributed by atoms with van der Waals surface area (Å²) in [7, 11) is -2.37. The van der Waals surface area contributed by atoms with Crippen LogP contribution in [0.3, 0.4) is 0 Å². The summed E-state index contributed by atoms with van der Waals surface area (Å²) in [5, 5.41) is -0.104. The van der Waals surface area contributed by atoms with E-state index in [4.69, 9.17) is 32.8 Å². The SMILES string of the molecule is CC1(C)O[C@@H]([C@@H](C=C[C@H]2OC(C)(C)O[C@H]2[C@H](O[Si](C)(C)C(C)(C)C)[C@H]2COC(C)(C)O2)N2C(=O)c3ccccc3C2=O)[C@H](C=O)O1. The fraction of sp³-hybridized carbons (Fsp3) is 0.676. The Bertz CT molecular complexity index is 1350. The molecular weight excluding hydrogens is 610 g/mol. The van der Waals surface area contributed by atoms with Crippen LogP contribution < -0.4 is 0 Å². The molecule has 4 aliphatic rings. The molecule has 0 aliphatic carbocycles. The minimum atomic E-state index is -2.37. The van der Waals surface area contributed by atoms with Crippen LogP contribution in [0.4, 0.5) is 0 Å². The number of aldehydes is 1. The predicted molar refractivity (Wildman–Crippen MR) is 171 cm³/mol. The molecule has 0 spiro atoms. The number of carbonyl (C=O) groups is 3. The van der Waals surface area contributed by atoms with Crippen molar-refractivity contribution in [1.29, 1.82) is 0 Å². The Morgan fingerprint density at radius 2 is 1.39 bits per heavy atom. The summed E-state index contributed by atoms with van der Waals surface area (Å²) in [6, 6.07) is 5.65. The van der Waals surface area contributed by atoms with Crippen molar-refractivity contribution in [3.63, 3.8) is 0 Å². The molecule has 0 aromatic heterocycles. The molecule has 5 rings (SSSR count). The maximum absolute atomic E-state index is 13.7. The van der Waals surface area contributed by atoms with Gasteiger partial charge >= 0.3 is 0 Å². The van der Waals surface area contributed by atoms with Crippen molar-refractivity contribution < 1.29 is 47.2 Å². The van der Waals surface area contributed by atoms with Gasteiger partial charge in [0.1, 0.15) is 36.6 Å². The van der Waals surface area contributed by atoms with Crippen LogP contribution >= 0.6 is 0 Å². The Labute approximate surface area is 272 Å². The van der Waals surface area contributed by atoms with E-state index in [9.17, 15) is 14.4 Å². The number of nitrogens with zero attached hydrogens (tertiary/aromatic N) is 1. The highest BCUT2D eigenvalue weighted by molar-refractivity contribution is 6.74. The van der Waals surface area contributed by atoms with Gasteiger partial charge < -0.3 is 37.6 Å². The third-order valence-corrected chi connectivity index (χ3v) is 13.9. The van der Waals surface area contributed by atoms with Gasteiger partial charge in [-0.15, -0.1) is 0 Å². The molecule has 3 saturated heterocycles. The van der Waals surface area contributed by atoms with E-state index in [1.54, 1.807) is 50.3 Å². The molecule has 4 aliphatic heterocycles. The van der Waals surface area contributed by atoms with Crippen LogP contribution in [-0.4, -0.2) is 98.0 Å². The Hall–Kier alpha value is -2.29. The van der Waals surface area contributed by atoms with E-state index in [0.29, 0.717) is 12.9 Å². The van der Waals surface area contributed by atoms with E-state index < -0.39 is 80.2 Å². The van der Waals surface area contributed by atoms with Crippen molar-refractivity contribution >= 4 is 26.4 Å². The monoisotopic (exact) mass is 659 g/mol. The summed E-state index contributed by atoms with van der Waals surface area (Å²) in [4.78, 5) is 40.8. The van der Waals surface area contributed by atoms with Gasteiger partial charge in [0, 0.05) is 0 Å². The zero-order chi connectivity index (χ0) is 34.0. The Morgan fingerprint density at radius 1 is 0.848 bits per heavy atom. The van der Waals surface area contributed by atoms with E-state index in [-0.39, 0.29) is 16.2 Å². The number of rotatable bonds is 9. The number of fused-ring (bicyclic) bond motifs is 1. The summed E-state index contributed by atoms with van der Waals surface area (Å²) in [6.45, 7) is 21.9. The second kappa shape index (κ2) is 12.0. The minimum Gasteiger partial charge on any atom is -0.408 e. The van der Waals surface area contributed by atoms with Gasteiger partial charge in [-0.3, -0.25) is 14.5 Å². The van der Waals surface area contributed by atoms with Gasteiger partial charge in [-0.25, -0.2) is 0 Å². The summed E-state index contributed by atoms with van der Waals surface area (Å²) in [5.41, 5.74) is 0.574. The van der Waals surface area contributed by atoms with Crippen molar-refractivity contribution in [2.45, 2.75) is 140 Å². The van der Waals surface area contributed by atoms with E-state index in [1.807, 2.05) is 27.7 Å². The van der Waals surface area contributed by atoms with Crippen molar-refractivity contribution in [2.24, 2.45) is 0 Å². The number of hydrogen-bond donors (Lipinski definition) is 0. The molecule has 0 saturated carbocycles. The molecule has 46 heavy (non-hydrogen) atoms. The highest BCUT2D eigenvalue weighted by Crippen LogP contribution is 2.43. The second-order valence-electron chi connectivity index (χ2n) is 15.4. The molecular formula is C34H49NO10Si. The largest absolute Gasteiger partial charge is 0.408 e. The van der Waals surface area contributed by atoms with Crippen molar-refractivity contribution in [1.82, 2.24) is 4.90 Å². The number of carbonyl (C=O) groups excluding carboxylic acids is 3. The number of benzene rings is 1. The summed E-state index contributed by atoms with van der Waals surface area (Å²) < 4.78 is 44.4. The lowest BCUT2D eigenvalue weighted by atomic mass is 9.99. The summed E-state index contributed by atoms with van der Waals surface area (Å²) >= 11 is 0.